The quantitative estimate of drug-likeness (QED) is 0.206. The summed E-state index contributed by atoms with van der Waals surface area (Å²) in [6.45, 7) is 4.64. The highest BCUT2D eigenvalue weighted by Gasteiger charge is 2.36. The molecular weight excluding hydrogens is 494 g/mol. The maximum Gasteiger partial charge on any atom is 0.0745 e. The molecule has 0 unspecified atom stereocenters. The Kier molecular flexibility index (Phi) is 4.45. The fraction of sp³-hybridized carbons (Fsp3) is 0.0750. The molecule has 7 aromatic carbocycles. The summed E-state index contributed by atoms with van der Waals surface area (Å²) in [4.78, 5) is 4.76. The Bertz CT molecular complexity index is 2330. The third-order valence-electron chi connectivity index (χ3n) is 9.48. The minimum atomic E-state index is -0.0773. The van der Waals surface area contributed by atoms with Gasteiger partial charge in [0.25, 0.3) is 0 Å². The Balaban J connectivity index is 1.30. The van der Waals surface area contributed by atoms with E-state index < -0.39 is 0 Å². The van der Waals surface area contributed by atoms with Crippen LogP contribution in [0.5, 0.6) is 0 Å². The van der Waals surface area contributed by atoms with Crippen LogP contribution in [-0.4, -0.2) is 4.98 Å². The van der Waals surface area contributed by atoms with E-state index >= 15 is 0 Å². The number of hydrogen-bond acceptors (Lipinski definition) is 1. The van der Waals surface area contributed by atoms with Crippen molar-refractivity contribution in [3.8, 4) is 33.5 Å². The molecule has 0 bridgehead atoms. The average molecular weight is 522 g/mol. The molecule has 9 rings (SSSR count). The summed E-state index contributed by atoms with van der Waals surface area (Å²) >= 11 is 0. The molecule has 0 N–H and O–H groups in total. The summed E-state index contributed by atoms with van der Waals surface area (Å²) in [6, 6.07) is 45.1. The Labute approximate surface area is 239 Å². The van der Waals surface area contributed by atoms with Gasteiger partial charge in [-0.05, 0) is 88.6 Å². The van der Waals surface area contributed by atoms with Crippen LogP contribution in [0, 0.1) is 0 Å². The van der Waals surface area contributed by atoms with Crippen molar-refractivity contribution in [3.05, 3.63) is 139 Å². The Morgan fingerprint density at radius 2 is 1.12 bits per heavy atom. The summed E-state index contributed by atoms with van der Waals surface area (Å²) in [7, 11) is 0. The Morgan fingerprint density at radius 3 is 1.95 bits per heavy atom. The molecule has 1 aromatic heterocycles. The predicted octanol–water partition coefficient (Wildman–Crippen LogP) is 10.8. The van der Waals surface area contributed by atoms with E-state index in [0.29, 0.717) is 0 Å². The number of fused-ring (bicyclic) bond motifs is 4. The van der Waals surface area contributed by atoms with Crippen LogP contribution in [0.2, 0.25) is 0 Å². The number of aromatic nitrogens is 1. The Hall–Kier alpha value is -5.01. The van der Waals surface area contributed by atoms with Crippen LogP contribution in [0.1, 0.15) is 25.0 Å². The molecule has 192 valence electrons. The molecule has 1 nitrogen and oxygen atoms in total. The van der Waals surface area contributed by atoms with Crippen LogP contribution in [0.25, 0.3) is 76.6 Å². The van der Waals surface area contributed by atoms with Gasteiger partial charge in [-0.25, -0.2) is 0 Å². The third kappa shape index (κ3) is 3.04. The van der Waals surface area contributed by atoms with E-state index in [4.69, 9.17) is 4.98 Å². The second-order valence-electron chi connectivity index (χ2n) is 12.0. The molecule has 8 aromatic rings. The van der Waals surface area contributed by atoms with E-state index in [2.05, 4.69) is 135 Å². The van der Waals surface area contributed by atoms with Crippen molar-refractivity contribution in [2.75, 3.05) is 0 Å². The van der Waals surface area contributed by atoms with E-state index in [9.17, 15) is 0 Å². The number of nitrogens with zero attached hydrogens (tertiary/aromatic N) is 1. The molecule has 0 saturated carbocycles. The van der Waals surface area contributed by atoms with Crippen molar-refractivity contribution in [2.24, 2.45) is 0 Å². The van der Waals surface area contributed by atoms with Crippen molar-refractivity contribution in [2.45, 2.75) is 19.3 Å². The van der Waals surface area contributed by atoms with Crippen LogP contribution in [-0.2, 0) is 5.41 Å². The summed E-state index contributed by atoms with van der Waals surface area (Å²) in [5.74, 6) is 0. The molecule has 1 heteroatoms. The number of rotatable bonds is 2. The van der Waals surface area contributed by atoms with Gasteiger partial charge in [0.2, 0.25) is 0 Å². The molecule has 0 amide bonds. The monoisotopic (exact) mass is 521 g/mol. The van der Waals surface area contributed by atoms with E-state index in [1.807, 2.05) is 6.20 Å². The van der Waals surface area contributed by atoms with Gasteiger partial charge in [-0.15, -0.1) is 0 Å². The minimum Gasteiger partial charge on any atom is -0.256 e. The fourth-order valence-electron chi connectivity index (χ4n) is 7.45. The van der Waals surface area contributed by atoms with Crippen LogP contribution in [0.3, 0.4) is 0 Å². The first-order valence-electron chi connectivity index (χ1n) is 14.4. The van der Waals surface area contributed by atoms with E-state index in [1.54, 1.807) is 0 Å². The van der Waals surface area contributed by atoms with Crippen molar-refractivity contribution >= 4 is 43.1 Å². The van der Waals surface area contributed by atoms with Gasteiger partial charge in [-0.1, -0.05) is 123 Å². The first-order chi connectivity index (χ1) is 20.1. The van der Waals surface area contributed by atoms with Gasteiger partial charge in [0, 0.05) is 17.2 Å². The number of benzene rings is 7. The molecule has 1 heterocycles. The van der Waals surface area contributed by atoms with E-state index in [1.165, 1.54) is 82.0 Å². The van der Waals surface area contributed by atoms with Crippen molar-refractivity contribution in [3.63, 3.8) is 0 Å². The number of pyridine rings is 1. The van der Waals surface area contributed by atoms with Gasteiger partial charge in [0.1, 0.15) is 0 Å². The van der Waals surface area contributed by atoms with Gasteiger partial charge in [0.05, 0.1) is 5.69 Å². The van der Waals surface area contributed by atoms with Crippen LogP contribution in [0.15, 0.2) is 128 Å². The molecule has 0 saturated heterocycles. The van der Waals surface area contributed by atoms with E-state index in [-0.39, 0.29) is 5.41 Å². The van der Waals surface area contributed by atoms with Gasteiger partial charge >= 0.3 is 0 Å². The SMILES string of the molecule is CC1(C)c2cc(-c3ccc4ccc5c(-c6cccc7ccccc67)ccc6ccc3c4c65)ccc2-c2ncccc21. The minimum absolute atomic E-state index is 0.0773. The largest absolute Gasteiger partial charge is 0.256 e. The molecule has 1 aliphatic carbocycles. The zero-order chi connectivity index (χ0) is 27.3. The number of hydrogen-bond donors (Lipinski definition) is 0. The van der Waals surface area contributed by atoms with Gasteiger partial charge in [-0.3, -0.25) is 4.98 Å². The van der Waals surface area contributed by atoms with Gasteiger partial charge < -0.3 is 0 Å². The Morgan fingerprint density at radius 1 is 0.463 bits per heavy atom. The zero-order valence-corrected chi connectivity index (χ0v) is 23.1. The van der Waals surface area contributed by atoms with Gasteiger partial charge in [-0.2, -0.15) is 0 Å². The maximum atomic E-state index is 4.76. The third-order valence-corrected chi connectivity index (χ3v) is 9.48. The van der Waals surface area contributed by atoms with Crippen molar-refractivity contribution in [1.82, 2.24) is 4.98 Å². The lowest BCUT2D eigenvalue weighted by molar-refractivity contribution is 0.659. The highest BCUT2D eigenvalue weighted by Crippen LogP contribution is 2.49. The molecule has 0 radical (unpaired) electrons. The highest BCUT2D eigenvalue weighted by molar-refractivity contribution is 6.28. The molecule has 0 aliphatic heterocycles. The van der Waals surface area contributed by atoms with Crippen molar-refractivity contribution in [1.29, 1.82) is 0 Å². The lowest BCUT2D eigenvalue weighted by atomic mass is 9.81. The standard InChI is InChI=1S/C40H27N/c1-40(2)35-11-6-22-41-39(35)34-21-16-27(23-36(34)40)29-17-12-25-15-20-33-31(18-13-26-14-19-32(29)37(25)38(26)33)30-10-5-8-24-7-3-4-9-28(24)30/h3-23H,1-2H3. The summed E-state index contributed by atoms with van der Waals surface area (Å²) in [5, 5.41) is 10.5. The second-order valence-corrected chi connectivity index (χ2v) is 12.0. The summed E-state index contributed by atoms with van der Waals surface area (Å²) in [5.41, 5.74) is 10.1. The molecule has 0 fully saturated rings. The highest BCUT2D eigenvalue weighted by atomic mass is 14.7. The first kappa shape index (κ1) is 22.8. The molecule has 1 aliphatic rings. The molecule has 0 spiro atoms. The average Bonchev–Trinajstić information content (AvgIpc) is 3.25. The smallest absolute Gasteiger partial charge is 0.0745 e. The van der Waals surface area contributed by atoms with Gasteiger partial charge in [0.15, 0.2) is 0 Å². The first-order valence-corrected chi connectivity index (χ1v) is 14.4. The zero-order valence-electron chi connectivity index (χ0n) is 23.1. The van der Waals surface area contributed by atoms with Crippen LogP contribution >= 0.6 is 0 Å². The van der Waals surface area contributed by atoms with Crippen LogP contribution < -0.4 is 0 Å². The fourth-order valence-corrected chi connectivity index (χ4v) is 7.45. The summed E-state index contributed by atoms with van der Waals surface area (Å²) < 4.78 is 0. The normalized spacial score (nSPS) is 13.8. The lowest BCUT2D eigenvalue weighted by Gasteiger charge is -2.22. The van der Waals surface area contributed by atoms with E-state index in [0.717, 1.165) is 5.69 Å². The molecule has 0 atom stereocenters. The molecule has 41 heavy (non-hydrogen) atoms. The lowest BCUT2D eigenvalue weighted by Crippen LogP contribution is -2.15. The second kappa shape index (κ2) is 8.02. The summed E-state index contributed by atoms with van der Waals surface area (Å²) in [6.07, 6.45) is 1.91. The predicted molar refractivity (Wildman–Crippen MR) is 174 cm³/mol. The topological polar surface area (TPSA) is 12.9 Å². The van der Waals surface area contributed by atoms with Crippen molar-refractivity contribution < 1.29 is 0 Å². The maximum absolute atomic E-state index is 4.76. The van der Waals surface area contributed by atoms with Crippen LogP contribution in [0.4, 0.5) is 0 Å². The molecular formula is C40H27N.